The van der Waals surface area contributed by atoms with Crippen LogP contribution in [-0.4, -0.2) is 63.4 Å². The number of likely N-dealkylation sites (tertiary alicyclic amines) is 1. The molecule has 4 rings (SSSR count). The van der Waals surface area contributed by atoms with Gasteiger partial charge in [-0.2, -0.15) is 4.31 Å². The van der Waals surface area contributed by atoms with E-state index in [0.717, 1.165) is 44.0 Å². The molecule has 1 spiro atoms. The number of furan rings is 1. The standard InChI is InChI=1S/C22H29N3O5S/c1-17-7-8-18(30-17)13-24-11-9-22(10-12-24)15-25(14-21(26)23-2)31(27,28)20-6-4-3-5-19(20)29-16-22/h3-8H,9-16H2,1-2H3,(H,23,26). The zero-order valence-electron chi connectivity index (χ0n) is 18.0. The van der Waals surface area contributed by atoms with E-state index in [4.69, 9.17) is 9.15 Å². The number of para-hydroxylation sites is 1. The first-order valence-electron chi connectivity index (χ1n) is 10.5. The van der Waals surface area contributed by atoms with Crippen molar-refractivity contribution in [3.63, 3.8) is 0 Å². The van der Waals surface area contributed by atoms with E-state index >= 15 is 0 Å². The van der Waals surface area contributed by atoms with Crippen LogP contribution >= 0.6 is 0 Å². The van der Waals surface area contributed by atoms with Crippen molar-refractivity contribution in [3.05, 3.63) is 47.9 Å². The van der Waals surface area contributed by atoms with Crippen LogP contribution in [0.25, 0.3) is 0 Å². The van der Waals surface area contributed by atoms with Crippen molar-refractivity contribution >= 4 is 15.9 Å². The molecule has 2 aliphatic heterocycles. The highest BCUT2D eigenvalue weighted by Gasteiger charge is 2.43. The molecule has 0 unspecified atom stereocenters. The second kappa shape index (κ2) is 8.64. The van der Waals surface area contributed by atoms with Gasteiger partial charge in [0.05, 0.1) is 19.7 Å². The van der Waals surface area contributed by atoms with E-state index in [2.05, 4.69) is 10.2 Å². The third-order valence-corrected chi connectivity index (χ3v) is 8.03. The number of carbonyl (C=O) groups is 1. The Bertz CT molecular complexity index is 1040. The molecule has 1 fully saturated rings. The maximum Gasteiger partial charge on any atom is 0.247 e. The van der Waals surface area contributed by atoms with Gasteiger partial charge in [0.1, 0.15) is 22.2 Å². The van der Waals surface area contributed by atoms with Crippen LogP contribution in [0.2, 0.25) is 0 Å². The molecule has 0 atom stereocenters. The Hall–Kier alpha value is -2.36. The van der Waals surface area contributed by atoms with Gasteiger partial charge in [0, 0.05) is 19.0 Å². The monoisotopic (exact) mass is 447 g/mol. The molecular formula is C22H29N3O5S. The number of benzene rings is 1. The summed E-state index contributed by atoms with van der Waals surface area (Å²) < 4.78 is 39.9. The van der Waals surface area contributed by atoms with Crippen molar-refractivity contribution in [1.29, 1.82) is 0 Å². The number of nitrogens with zero attached hydrogens (tertiary/aromatic N) is 2. The van der Waals surface area contributed by atoms with Crippen LogP contribution in [0.3, 0.4) is 0 Å². The average Bonchev–Trinajstić information content (AvgIpc) is 3.17. The van der Waals surface area contributed by atoms with Gasteiger partial charge in [-0.1, -0.05) is 12.1 Å². The molecule has 1 aromatic carbocycles. The molecule has 0 bridgehead atoms. The Labute approximate surface area is 183 Å². The summed E-state index contributed by atoms with van der Waals surface area (Å²) in [7, 11) is -2.35. The fraction of sp³-hybridized carbons (Fsp3) is 0.500. The molecule has 168 valence electrons. The van der Waals surface area contributed by atoms with Crippen LogP contribution in [0.15, 0.2) is 45.7 Å². The van der Waals surface area contributed by atoms with Crippen LogP contribution in [0, 0.1) is 12.3 Å². The second-order valence-electron chi connectivity index (χ2n) is 8.47. The minimum absolute atomic E-state index is 0.111. The smallest absolute Gasteiger partial charge is 0.247 e. The molecule has 0 radical (unpaired) electrons. The summed E-state index contributed by atoms with van der Waals surface area (Å²) in [5, 5.41) is 2.54. The van der Waals surface area contributed by atoms with E-state index in [-0.39, 0.29) is 29.3 Å². The summed E-state index contributed by atoms with van der Waals surface area (Å²) >= 11 is 0. The van der Waals surface area contributed by atoms with Gasteiger partial charge in [-0.3, -0.25) is 9.69 Å². The van der Waals surface area contributed by atoms with E-state index in [1.54, 1.807) is 18.2 Å². The van der Waals surface area contributed by atoms with Crippen LogP contribution in [0.1, 0.15) is 24.4 Å². The lowest BCUT2D eigenvalue weighted by Crippen LogP contribution is -2.53. The number of sulfonamides is 1. The van der Waals surface area contributed by atoms with Gasteiger partial charge in [-0.15, -0.1) is 0 Å². The Morgan fingerprint density at radius 2 is 1.90 bits per heavy atom. The van der Waals surface area contributed by atoms with Crippen LogP contribution in [0.4, 0.5) is 0 Å². The minimum Gasteiger partial charge on any atom is -0.492 e. The first-order valence-corrected chi connectivity index (χ1v) is 12.0. The fourth-order valence-electron chi connectivity index (χ4n) is 4.32. The van der Waals surface area contributed by atoms with Crippen LogP contribution in [0.5, 0.6) is 5.75 Å². The highest BCUT2D eigenvalue weighted by molar-refractivity contribution is 7.89. The first kappa shape index (κ1) is 21.9. The molecule has 1 N–H and O–H groups in total. The summed E-state index contributed by atoms with van der Waals surface area (Å²) in [6.45, 7) is 4.73. The summed E-state index contributed by atoms with van der Waals surface area (Å²) in [6, 6.07) is 10.6. The predicted molar refractivity (Wildman–Crippen MR) is 115 cm³/mol. The fourth-order valence-corrected chi connectivity index (χ4v) is 5.96. The van der Waals surface area contributed by atoms with Crippen LogP contribution < -0.4 is 10.1 Å². The minimum atomic E-state index is -3.86. The van der Waals surface area contributed by atoms with Gasteiger partial charge in [0.15, 0.2) is 0 Å². The number of likely N-dealkylation sites (N-methyl/N-ethyl adjacent to an activating group) is 1. The van der Waals surface area contributed by atoms with E-state index in [1.165, 1.54) is 17.4 Å². The summed E-state index contributed by atoms with van der Waals surface area (Å²) in [5.74, 6) is 1.84. The number of ether oxygens (including phenoxy) is 1. The summed E-state index contributed by atoms with van der Waals surface area (Å²) in [5.41, 5.74) is -0.357. The molecule has 8 nitrogen and oxygen atoms in total. The van der Waals surface area contributed by atoms with Gasteiger partial charge in [-0.25, -0.2) is 8.42 Å². The molecule has 2 aromatic rings. The number of nitrogens with one attached hydrogen (secondary N) is 1. The Kier molecular flexibility index (Phi) is 6.09. The van der Waals surface area contributed by atoms with E-state index in [9.17, 15) is 13.2 Å². The van der Waals surface area contributed by atoms with Crippen molar-refractivity contribution in [2.24, 2.45) is 5.41 Å². The molecule has 0 saturated carbocycles. The third kappa shape index (κ3) is 4.63. The predicted octanol–water partition coefficient (Wildman–Crippen LogP) is 2.00. The highest BCUT2D eigenvalue weighted by atomic mass is 32.2. The zero-order chi connectivity index (χ0) is 22.1. The number of fused-ring (bicyclic) bond motifs is 1. The molecule has 31 heavy (non-hydrogen) atoms. The maximum atomic E-state index is 13.4. The quantitative estimate of drug-likeness (QED) is 0.771. The second-order valence-corrected chi connectivity index (χ2v) is 10.4. The lowest BCUT2D eigenvalue weighted by atomic mass is 9.78. The number of hydrogen-bond acceptors (Lipinski definition) is 6. The Morgan fingerprint density at radius 1 is 1.16 bits per heavy atom. The van der Waals surface area contributed by atoms with Gasteiger partial charge in [0.25, 0.3) is 0 Å². The normalized spacial score (nSPS) is 21.0. The van der Waals surface area contributed by atoms with Gasteiger partial charge >= 0.3 is 0 Å². The molecule has 1 saturated heterocycles. The molecule has 1 amide bonds. The SMILES string of the molecule is CNC(=O)CN1CC2(CCN(Cc3ccc(C)o3)CC2)COc2ccccc2S1(=O)=O. The topological polar surface area (TPSA) is 92.1 Å². The van der Waals surface area contributed by atoms with E-state index in [0.29, 0.717) is 12.4 Å². The lowest BCUT2D eigenvalue weighted by Gasteiger charge is -2.44. The third-order valence-electron chi connectivity index (χ3n) is 6.20. The van der Waals surface area contributed by atoms with Crippen LogP contribution in [-0.2, 0) is 21.4 Å². The van der Waals surface area contributed by atoms with Crippen molar-refractivity contribution in [2.45, 2.75) is 31.2 Å². The van der Waals surface area contributed by atoms with Crippen molar-refractivity contribution in [2.75, 3.05) is 39.8 Å². The van der Waals surface area contributed by atoms with Crippen molar-refractivity contribution in [1.82, 2.24) is 14.5 Å². The number of hydrogen-bond donors (Lipinski definition) is 1. The van der Waals surface area contributed by atoms with Gasteiger partial charge < -0.3 is 14.5 Å². The number of rotatable bonds is 4. The maximum absolute atomic E-state index is 13.4. The first-order chi connectivity index (χ1) is 14.8. The number of amides is 1. The van der Waals surface area contributed by atoms with Gasteiger partial charge in [0.2, 0.25) is 15.9 Å². The number of piperidine rings is 1. The van der Waals surface area contributed by atoms with Crippen molar-refractivity contribution in [3.8, 4) is 5.75 Å². The lowest BCUT2D eigenvalue weighted by molar-refractivity contribution is -0.121. The van der Waals surface area contributed by atoms with Gasteiger partial charge in [-0.05, 0) is 57.1 Å². The largest absolute Gasteiger partial charge is 0.492 e. The van der Waals surface area contributed by atoms with E-state index in [1.807, 2.05) is 19.1 Å². The molecule has 1 aromatic heterocycles. The molecule has 9 heteroatoms. The molecule has 0 aliphatic carbocycles. The highest BCUT2D eigenvalue weighted by Crippen LogP contribution is 2.39. The summed E-state index contributed by atoms with van der Waals surface area (Å²) in [4.78, 5) is 14.6. The Morgan fingerprint density at radius 3 is 2.58 bits per heavy atom. The average molecular weight is 448 g/mol. The number of carbonyl (C=O) groups excluding carboxylic acids is 1. The summed E-state index contributed by atoms with van der Waals surface area (Å²) in [6.07, 6.45) is 1.54. The molecular weight excluding hydrogens is 418 g/mol. The molecule has 3 heterocycles. The molecule has 2 aliphatic rings. The number of aryl methyl sites for hydroxylation is 1. The zero-order valence-corrected chi connectivity index (χ0v) is 18.8. The Balaban J connectivity index is 1.57. The van der Waals surface area contributed by atoms with E-state index < -0.39 is 10.0 Å². The van der Waals surface area contributed by atoms with Crippen molar-refractivity contribution < 1.29 is 22.4 Å².